The van der Waals surface area contributed by atoms with Crippen LogP contribution in [0.1, 0.15) is 49.9 Å². The molecule has 0 fully saturated rings. The molecule has 0 aliphatic heterocycles. The molecule has 0 saturated heterocycles. The van der Waals surface area contributed by atoms with Gasteiger partial charge in [-0.2, -0.15) is 0 Å². The van der Waals surface area contributed by atoms with Gasteiger partial charge in [0.25, 0.3) is 0 Å². The number of para-hydroxylation sites is 2. The number of hydrogen-bond donors (Lipinski definition) is 0. The summed E-state index contributed by atoms with van der Waals surface area (Å²) in [7, 11) is 0. The van der Waals surface area contributed by atoms with Crippen LogP contribution in [0.3, 0.4) is 0 Å². The lowest BCUT2D eigenvalue weighted by atomic mass is 9.78. The zero-order chi connectivity index (χ0) is 45.7. The summed E-state index contributed by atoms with van der Waals surface area (Å²) in [5, 5.41) is 2.27. The Labute approximate surface area is 398 Å². The number of nitrogens with zero attached hydrogens (tertiary/aromatic N) is 1. The van der Waals surface area contributed by atoms with E-state index in [0.29, 0.717) is 0 Å². The van der Waals surface area contributed by atoms with Crippen LogP contribution in [-0.4, -0.2) is 0 Å². The van der Waals surface area contributed by atoms with Gasteiger partial charge >= 0.3 is 0 Å². The molecular formula is C66H49NO. The van der Waals surface area contributed by atoms with E-state index in [1.807, 2.05) is 6.07 Å². The molecule has 2 aliphatic carbocycles. The molecule has 10 aromatic carbocycles. The van der Waals surface area contributed by atoms with E-state index in [-0.39, 0.29) is 10.8 Å². The molecule has 0 N–H and O–H groups in total. The lowest BCUT2D eigenvalue weighted by molar-refractivity contribution is 0.660. The maximum absolute atomic E-state index is 6.31. The maximum Gasteiger partial charge on any atom is 0.136 e. The average molecular weight is 872 g/mol. The standard InChI is InChI=1S/C66H49NO/c1-65(2)57-26-11-7-20-51(57)53-40-35-44(41-59(53)65)48-18-9-13-28-60(48)67(46-38-33-43(34-39-46)49-23-16-30-62-63(49)56-22-10-14-29-61(56)68-62)45-36-31-42(32-37-45)47-17-5-6-19-50(47)54-24-15-25-55-52-21-8-12-27-58(52)66(3,4)64(54)55/h5-41H,1-4H3. The topological polar surface area (TPSA) is 16.4 Å². The molecule has 2 nitrogen and oxygen atoms in total. The van der Waals surface area contributed by atoms with Crippen molar-refractivity contribution in [2.24, 2.45) is 0 Å². The number of rotatable bonds is 7. The van der Waals surface area contributed by atoms with Crippen LogP contribution < -0.4 is 4.90 Å². The van der Waals surface area contributed by atoms with Gasteiger partial charge in [0, 0.05) is 38.5 Å². The minimum absolute atomic E-state index is 0.110. The third-order valence-corrected chi connectivity index (χ3v) is 15.1. The highest BCUT2D eigenvalue weighted by Gasteiger charge is 2.38. The molecule has 1 heterocycles. The third kappa shape index (κ3) is 6.03. The number of anilines is 3. The summed E-state index contributed by atoms with van der Waals surface area (Å²) < 4.78 is 6.31. The van der Waals surface area contributed by atoms with Crippen LogP contribution in [0.15, 0.2) is 229 Å². The first kappa shape index (κ1) is 40.1. The maximum atomic E-state index is 6.31. The van der Waals surface area contributed by atoms with E-state index in [1.165, 1.54) is 77.9 Å². The van der Waals surface area contributed by atoms with E-state index < -0.39 is 0 Å². The molecular weight excluding hydrogens is 823 g/mol. The summed E-state index contributed by atoms with van der Waals surface area (Å²) in [5.74, 6) is 0. The van der Waals surface area contributed by atoms with E-state index in [0.717, 1.165) is 50.1 Å². The minimum Gasteiger partial charge on any atom is -0.456 e. The molecule has 0 saturated carbocycles. The summed E-state index contributed by atoms with van der Waals surface area (Å²) in [5.41, 5.74) is 25.3. The summed E-state index contributed by atoms with van der Waals surface area (Å²) in [6, 6.07) is 82.5. The number of benzene rings is 10. The molecule has 0 amide bonds. The molecule has 68 heavy (non-hydrogen) atoms. The third-order valence-electron chi connectivity index (χ3n) is 15.1. The first-order chi connectivity index (χ1) is 33.3. The SMILES string of the molecule is CC1(C)c2ccccc2-c2ccc(-c3ccccc3N(c3ccc(-c4ccccc4-c4cccc5c4C(C)(C)c4ccccc4-5)cc3)c3ccc(-c4cccc5oc6ccccc6c45)cc3)cc21. The van der Waals surface area contributed by atoms with Gasteiger partial charge in [0.15, 0.2) is 0 Å². The predicted octanol–water partition coefficient (Wildman–Crippen LogP) is 18.3. The molecule has 324 valence electrons. The van der Waals surface area contributed by atoms with Crippen LogP contribution >= 0.6 is 0 Å². The lowest BCUT2D eigenvalue weighted by Crippen LogP contribution is -2.16. The fourth-order valence-electron chi connectivity index (χ4n) is 11.8. The van der Waals surface area contributed by atoms with Gasteiger partial charge in [0.05, 0.1) is 5.69 Å². The lowest BCUT2D eigenvalue weighted by Gasteiger charge is -2.29. The minimum atomic E-state index is -0.125. The first-order valence-corrected chi connectivity index (χ1v) is 23.8. The van der Waals surface area contributed by atoms with Gasteiger partial charge in [-0.25, -0.2) is 0 Å². The van der Waals surface area contributed by atoms with Crippen molar-refractivity contribution in [2.45, 2.75) is 38.5 Å². The van der Waals surface area contributed by atoms with Crippen molar-refractivity contribution < 1.29 is 4.42 Å². The van der Waals surface area contributed by atoms with Crippen molar-refractivity contribution in [3.63, 3.8) is 0 Å². The number of fused-ring (bicyclic) bond motifs is 9. The molecule has 1 aromatic heterocycles. The van der Waals surface area contributed by atoms with Gasteiger partial charge in [-0.05, 0) is 132 Å². The van der Waals surface area contributed by atoms with Crippen LogP contribution in [0.4, 0.5) is 17.1 Å². The second-order valence-corrected chi connectivity index (χ2v) is 19.6. The van der Waals surface area contributed by atoms with E-state index in [9.17, 15) is 0 Å². The van der Waals surface area contributed by atoms with Crippen molar-refractivity contribution in [3.05, 3.63) is 247 Å². The monoisotopic (exact) mass is 871 g/mol. The van der Waals surface area contributed by atoms with Crippen molar-refractivity contribution in [1.29, 1.82) is 0 Å². The van der Waals surface area contributed by atoms with Crippen molar-refractivity contribution >= 4 is 39.0 Å². The van der Waals surface area contributed by atoms with E-state index in [2.05, 4.69) is 251 Å². The molecule has 0 bridgehead atoms. The Morgan fingerprint density at radius 3 is 1.51 bits per heavy atom. The highest BCUT2D eigenvalue weighted by molar-refractivity contribution is 6.12. The second kappa shape index (κ2) is 15.2. The Morgan fingerprint density at radius 1 is 0.324 bits per heavy atom. The number of furan rings is 1. The summed E-state index contributed by atoms with van der Waals surface area (Å²) in [6.45, 7) is 9.47. The Morgan fingerprint density at radius 2 is 0.794 bits per heavy atom. The van der Waals surface area contributed by atoms with Gasteiger partial charge in [-0.15, -0.1) is 0 Å². The quantitative estimate of drug-likeness (QED) is 0.159. The smallest absolute Gasteiger partial charge is 0.136 e. The molecule has 0 radical (unpaired) electrons. The van der Waals surface area contributed by atoms with Crippen LogP contribution in [-0.2, 0) is 10.8 Å². The first-order valence-electron chi connectivity index (χ1n) is 23.8. The van der Waals surface area contributed by atoms with Gasteiger partial charge in [-0.1, -0.05) is 204 Å². The Kier molecular flexibility index (Phi) is 8.95. The summed E-state index contributed by atoms with van der Waals surface area (Å²) in [4.78, 5) is 2.43. The summed E-state index contributed by atoms with van der Waals surface area (Å²) >= 11 is 0. The largest absolute Gasteiger partial charge is 0.456 e. The summed E-state index contributed by atoms with van der Waals surface area (Å²) in [6.07, 6.45) is 0. The van der Waals surface area contributed by atoms with Gasteiger partial charge in [0.1, 0.15) is 11.2 Å². The average Bonchev–Trinajstić information content (AvgIpc) is 3.97. The normalized spacial score (nSPS) is 13.8. The van der Waals surface area contributed by atoms with E-state index in [4.69, 9.17) is 4.42 Å². The number of hydrogen-bond acceptors (Lipinski definition) is 2. The Bertz CT molecular complexity index is 3790. The van der Waals surface area contributed by atoms with Crippen LogP contribution in [0, 0.1) is 0 Å². The molecule has 2 aliphatic rings. The Hall–Kier alpha value is -8.20. The van der Waals surface area contributed by atoms with Gasteiger partial charge in [-0.3, -0.25) is 0 Å². The van der Waals surface area contributed by atoms with E-state index in [1.54, 1.807) is 0 Å². The molecule has 2 heteroatoms. The predicted molar refractivity (Wildman–Crippen MR) is 285 cm³/mol. The highest BCUT2D eigenvalue weighted by Crippen LogP contribution is 2.54. The fraction of sp³-hybridized carbons (Fsp3) is 0.0909. The molecule has 0 atom stereocenters. The van der Waals surface area contributed by atoms with Crippen LogP contribution in [0.25, 0.3) is 88.7 Å². The van der Waals surface area contributed by atoms with Gasteiger partial charge in [0.2, 0.25) is 0 Å². The van der Waals surface area contributed by atoms with Crippen molar-refractivity contribution in [2.75, 3.05) is 4.90 Å². The van der Waals surface area contributed by atoms with Crippen molar-refractivity contribution in [1.82, 2.24) is 0 Å². The molecule has 0 unspecified atom stereocenters. The van der Waals surface area contributed by atoms with E-state index >= 15 is 0 Å². The molecule has 0 spiro atoms. The Balaban J connectivity index is 0.942. The zero-order valence-corrected chi connectivity index (χ0v) is 38.7. The fourth-order valence-corrected chi connectivity index (χ4v) is 11.8. The van der Waals surface area contributed by atoms with Crippen LogP contribution in [0.5, 0.6) is 0 Å². The van der Waals surface area contributed by atoms with Crippen LogP contribution in [0.2, 0.25) is 0 Å². The second-order valence-electron chi connectivity index (χ2n) is 19.6. The van der Waals surface area contributed by atoms with Crippen molar-refractivity contribution in [3.8, 4) is 66.8 Å². The molecule has 11 aromatic rings. The highest BCUT2D eigenvalue weighted by atomic mass is 16.3. The zero-order valence-electron chi connectivity index (χ0n) is 38.7. The van der Waals surface area contributed by atoms with Gasteiger partial charge < -0.3 is 9.32 Å². The molecule has 13 rings (SSSR count).